The SMILES string of the molecule is CCC(Nc1cccc(C(F)(F)F)c1)C(N)=NO. The van der Waals surface area contributed by atoms with Gasteiger partial charge in [-0.25, -0.2) is 0 Å². The standard InChI is InChI=1S/C11H14F3N3O/c1-2-9(10(15)17-18)16-8-5-3-4-7(6-8)11(12,13)14/h3-6,9,16,18H,2H2,1H3,(H2,15,17). The third kappa shape index (κ3) is 3.54. The summed E-state index contributed by atoms with van der Waals surface area (Å²) in [6.45, 7) is 1.77. The first-order valence-electron chi connectivity index (χ1n) is 5.29. The van der Waals surface area contributed by atoms with Crippen molar-refractivity contribution in [2.45, 2.75) is 25.6 Å². The summed E-state index contributed by atoms with van der Waals surface area (Å²) >= 11 is 0. The molecule has 0 aliphatic rings. The largest absolute Gasteiger partial charge is 0.416 e. The van der Waals surface area contributed by atoms with E-state index in [4.69, 9.17) is 10.9 Å². The van der Waals surface area contributed by atoms with Gasteiger partial charge in [-0.1, -0.05) is 18.1 Å². The summed E-state index contributed by atoms with van der Waals surface area (Å²) < 4.78 is 37.5. The van der Waals surface area contributed by atoms with Gasteiger partial charge in [0, 0.05) is 5.69 Å². The lowest BCUT2D eigenvalue weighted by Crippen LogP contribution is -2.35. The lowest BCUT2D eigenvalue weighted by atomic mass is 10.1. The fourth-order valence-corrected chi connectivity index (χ4v) is 1.44. The van der Waals surface area contributed by atoms with Crippen molar-refractivity contribution in [1.29, 1.82) is 0 Å². The summed E-state index contributed by atoms with van der Waals surface area (Å²) in [6.07, 6.45) is -3.91. The Hall–Kier alpha value is -1.92. The van der Waals surface area contributed by atoms with E-state index in [1.165, 1.54) is 12.1 Å². The molecule has 1 atom stereocenters. The summed E-state index contributed by atoms with van der Waals surface area (Å²) in [7, 11) is 0. The van der Waals surface area contributed by atoms with Crippen LogP contribution in [-0.2, 0) is 6.18 Å². The normalized spacial score (nSPS) is 14.3. The highest BCUT2D eigenvalue weighted by Crippen LogP contribution is 2.30. The average molecular weight is 261 g/mol. The van der Waals surface area contributed by atoms with Crippen molar-refractivity contribution in [3.05, 3.63) is 29.8 Å². The van der Waals surface area contributed by atoms with Crippen molar-refractivity contribution >= 4 is 11.5 Å². The third-order valence-electron chi connectivity index (χ3n) is 2.41. The molecule has 1 unspecified atom stereocenters. The first-order valence-corrected chi connectivity index (χ1v) is 5.29. The number of benzene rings is 1. The Morgan fingerprint density at radius 3 is 2.67 bits per heavy atom. The van der Waals surface area contributed by atoms with Crippen LogP contribution in [0.5, 0.6) is 0 Å². The van der Waals surface area contributed by atoms with Crippen molar-refractivity contribution in [1.82, 2.24) is 0 Å². The molecule has 1 rings (SSSR count). The van der Waals surface area contributed by atoms with Gasteiger partial charge in [0.2, 0.25) is 0 Å². The molecular formula is C11H14F3N3O. The van der Waals surface area contributed by atoms with Gasteiger partial charge in [0.15, 0.2) is 5.84 Å². The van der Waals surface area contributed by atoms with Crippen LogP contribution in [0.25, 0.3) is 0 Å². The van der Waals surface area contributed by atoms with Crippen molar-refractivity contribution in [2.24, 2.45) is 10.9 Å². The van der Waals surface area contributed by atoms with Gasteiger partial charge in [0.25, 0.3) is 0 Å². The average Bonchev–Trinajstić information content (AvgIpc) is 2.34. The van der Waals surface area contributed by atoms with Gasteiger partial charge in [-0.2, -0.15) is 13.2 Å². The molecule has 7 heteroatoms. The maximum absolute atomic E-state index is 12.5. The zero-order valence-electron chi connectivity index (χ0n) is 9.70. The number of anilines is 1. The second-order valence-electron chi connectivity index (χ2n) is 3.71. The lowest BCUT2D eigenvalue weighted by molar-refractivity contribution is -0.137. The molecule has 0 fully saturated rings. The summed E-state index contributed by atoms with van der Waals surface area (Å²) in [4.78, 5) is 0. The van der Waals surface area contributed by atoms with Crippen LogP contribution >= 0.6 is 0 Å². The Morgan fingerprint density at radius 1 is 1.50 bits per heavy atom. The first kappa shape index (κ1) is 14.1. The van der Waals surface area contributed by atoms with E-state index < -0.39 is 17.8 Å². The van der Waals surface area contributed by atoms with Crippen LogP contribution in [0.2, 0.25) is 0 Å². The highest BCUT2D eigenvalue weighted by molar-refractivity contribution is 5.87. The maximum Gasteiger partial charge on any atom is 0.416 e. The Morgan fingerprint density at radius 2 is 2.17 bits per heavy atom. The Labute approximate surface area is 102 Å². The zero-order chi connectivity index (χ0) is 13.8. The monoisotopic (exact) mass is 261 g/mol. The second-order valence-corrected chi connectivity index (χ2v) is 3.71. The van der Waals surface area contributed by atoms with E-state index in [1.807, 2.05) is 0 Å². The van der Waals surface area contributed by atoms with E-state index >= 15 is 0 Å². The number of amidine groups is 1. The number of alkyl halides is 3. The van der Waals surface area contributed by atoms with Gasteiger partial charge in [-0.15, -0.1) is 0 Å². The minimum absolute atomic E-state index is 0.0742. The van der Waals surface area contributed by atoms with Crippen LogP contribution in [0.4, 0.5) is 18.9 Å². The number of rotatable bonds is 4. The van der Waals surface area contributed by atoms with E-state index in [9.17, 15) is 13.2 Å². The molecule has 0 saturated heterocycles. The molecule has 0 saturated carbocycles. The number of nitrogens with one attached hydrogen (secondary N) is 1. The van der Waals surface area contributed by atoms with E-state index in [-0.39, 0.29) is 11.5 Å². The summed E-state index contributed by atoms with van der Waals surface area (Å²) in [6, 6.07) is 4.23. The van der Waals surface area contributed by atoms with Crippen molar-refractivity contribution in [3.8, 4) is 0 Å². The van der Waals surface area contributed by atoms with Crippen molar-refractivity contribution < 1.29 is 18.4 Å². The second kappa shape index (κ2) is 5.61. The minimum Gasteiger partial charge on any atom is -0.409 e. The molecule has 100 valence electrons. The molecule has 0 aliphatic heterocycles. The molecule has 0 aliphatic carbocycles. The van der Waals surface area contributed by atoms with E-state index in [2.05, 4.69) is 10.5 Å². The maximum atomic E-state index is 12.5. The van der Waals surface area contributed by atoms with Gasteiger partial charge < -0.3 is 16.3 Å². The summed E-state index contributed by atoms with van der Waals surface area (Å²) in [5.74, 6) is -0.0742. The number of hydrogen-bond acceptors (Lipinski definition) is 3. The van der Waals surface area contributed by atoms with Crippen LogP contribution in [0.3, 0.4) is 0 Å². The highest BCUT2D eigenvalue weighted by atomic mass is 19.4. The molecule has 0 bridgehead atoms. The quantitative estimate of drug-likeness (QED) is 0.338. The Bertz CT molecular complexity index is 432. The van der Waals surface area contributed by atoms with Gasteiger partial charge in [0.05, 0.1) is 11.6 Å². The fourth-order valence-electron chi connectivity index (χ4n) is 1.44. The Balaban J connectivity index is 2.91. The predicted molar refractivity (Wildman–Crippen MR) is 62.6 cm³/mol. The molecule has 0 aromatic heterocycles. The van der Waals surface area contributed by atoms with E-state index in [0.717, 1.165) is 12.1 Å². The van der Waals surface area contributed by atoms with Gasteiger partial charge in [-0.3, -0.25) is 0 Å². The molecule has 1 aromatic carbocycles. The number of halogens is 3. The molecule has 1 aromatic rings. The Kier molecular flexibility index (Phi) is 4.41. The molecule has 0 radical (unpaired) electrons. The molecule has 4 nitrogen and oxygen atoms in total. The van der Waals surface area contributed by atoms with Crippen molar-refractivity contribution in [3.63, 3.8) is 0 Å². The molecule has 0 amide bonds. The van der Waals surface area contributed by atoms with E-state index in [0.29, 0.717) is 6.42 Å². The number of nitrogens with zero attached hydrogens (tertiary/aromatic N) is 1. The first-order chi connectivity index (χ1) is 8.38. The van der Waals surface area contributed by atoms with Crippen LogP contribution in [-0.4, -0.2) is 17.1 Å². The smallest absolute Gasteiger partial charge is 0.409 e. The third-order valence-corrected chi connectivity index (χ3v) is 2.41. The fraction of sp³-hybridized carbons (Fsp3) is 0.364. The highest BCUT2D eigenvalue weighted by Gasteiger charge is 2.30. The molecule has 0 heterocycles. The van der Waals surface area contributed by atoms with Crippen LogP contribution in [0, 0.1) is 0 Å². The van der Waals surface area contributed by atoms with Gasteiger partial charge in [0.1, 0.15) is 0 Å². The molecule has 4 N–H and O–H groups in total. The topological polar surface area (TPSA) is 70.6 Å². The van der Waals surface area contributed by atoms with Crippen molar-refractivity contribution in [2.75, 3.05) is 5.32 Å². The summed E-state index contributed by atoms with van der Waals surface area (Å²) in [5.41, 5.74) is 4.93. The predicted octanol–water partition coefficient (Wildman–Crippen LogP) is 2.64. The molecule has 0 spiro atoms. The van der Waals surface area contributed by atoms with Crippen LogP contribution in [0.1, 0.15) is 18.9 Å². The minimum atomic E-state index is -4.39. The lowest BCUT2D eigenvalue weighted by Gasteiger charge is -2.17. The van der Waals surface area contributed by atoms with Gasteiger partial charge in [-0.05, 0) is 24.6 Å². The molecule has 18 heavy (non-hydrogen) atoms. The number of oxime groups is 1. The van der Waals surface area contributed by atoms with Gasteiger partial charge >= 0.3 is 6.18 Å². The van der Waals surface area contributed by atoms with Crippen LogP contribution in [0.15, 0.2) is 29.4 Å². The number of nitrogens with two attached hydrogens (primary N) is 1. The van der Waals surface area contributed by atoms with Crippen LogP contribution < -0.4 is 11.1 Å². The summed E-state index contributed by atoms with van der Waals surface area (Å²) in [5, 5.41) is 14.2. The zero-order valence-corrected chi connectivity index (χ0v) is 9.70. The van der Waals surface area contributed by atoms with E-state index in [1.54, 1.807) is 6.92 Å². The number of hydrogen-bond donors (Lipinski definition) is 3. The molecular weight excluding hydrogens is 247 g/mol.